The maximum atomic E-state index is 8.30. The molecule has 0 bridgehead atoms. The number of nitrogens with zero attached hydrogens (tertiary/aromatic N) is 3. The third kappa shape index (κ3) is 1.94. The van der Waals surface area contributed by atoms with Gasteiger partial charge in [-0.3, -0.25) is 0 Å². The number of aromatic nitrogens is 2. The van der Waals surface area contributed by atoms with E-state index < -0.39 is 0 Å². The number of aryl methyl sites for hydroxylation is 1. The second-order valence-corrected chi connectivity index (χ2v) is 2.19. The summed E-state index contributed by atoms with van der Waals surface area (Å²) < 4.78 is 3.79. The summed E-state index contributed by atoms with van der Waals surface area (Å²) in [6.45, 7) is 4.36. The average molecular weight is 148 g/mol. The topological polar surface area (TPSA) is 32.6 Å². The van der Waals surface area contributed by atoms with Gasteiger partial charge in [-0.1, -0.05) is 6.58 Å². The third-order valence-corrected chi connectivity index (χ3v) is 1.40. The van der Waals surface area contributed by atoms with Crippen LogP contribution in [0.25, 0.3) is 6.20 Å². The van der Waals surface area contributed by atoms with Crippen LogP contribution >= 0.6 is 0 Å². The van der Waals surface area contributed by atoms with E-state index in [1.54, 1.807) is 6.20 Å². The van der Waals surface area contributed by atoms with Crippen molar-refractivity contribution in [2.24, 2.45) is 0 Å². The molecule has 3 heteroatoms. The first-order valence-electron chi connectivity index (χ1n) is 3.43. The van der Waals surface area contributed by atoms with Gasteiger partial charge in [0.1, 0.15) is 18.9 Å². The molecule has 1 heterocycles. The minimum absolute atomic E-state index is 0.547. The van der Waals surface area contributed by atoms with E-state index in [1.807, 2.05) is 27.9 Å². The molecule has 0 atom stereocenters. The highest BCUT2D eigenvalue weighted by Gasteiger charge is 1.98. The zero-order valence-corrected chi connectivity index (χ0v) is 6.27. The van der Waals surface area contributed by atoms with E-state index in [2.05, 4.69) is 12.6 Å². The third-order valence-electron chi connectivity index (χ3n) is 1.40. The zero-order chi connectivity index (χ0) is 8.10. The van der Waals surface area contributed by atoms with Crippen molar-refractivity contribution in [2.45, 2.75) is 13.0 Å². The molecule has 0 N–H and O–H groups in total. The van der Waals surface area contributed by atoms with Crippen LogP contribution in [0.4, 0.5) is 0 Å². The molecular weight excluding hydrogens is 138 g/mol. The Morgan fingerprint density at radius 2 is 2.55 bits per heavy atom. The van der Waals surface area contributed by atoms with Gasteiger partial charge >= 0.3 is 0 Å². The van der Waals surface area contributed by atoms with E-state index in [1.165, 1.54) is 0 Å². The first-order chi connectivity index (χ1) is 5.36. The molecule has 0 saturated heterocycles. The highest BCUT2D eigenvalue weighted by molar-refractivity contribution is 5.12. The number of nitriles is 1. The quantitative estimate of drug-likeness (QED) is 0.583. The van der Waals surface area contributed by atoms with E-state index in [-0.39, 0.29) is 0 Å². The number of hydrogen-bond donors (Lipinski definition) is 0. The van der Waals surface area contributed by atoms with Crippen LogP contribution in [0.1, 0.15) is 6.42 Å². The van der Waals surface area contributed by atoms with Crippen molar-refractivity contribution in [2.75, 3.05) is 0 Å². The number of rotatable bonds is 3. The molecule has 0 amide bonds. The Hall–Kier alpha value is -1.56. The van der Waals surface area contributed by atoms with Gasteiger partial charge in [-0.05, 0) is 0 Å². The summed E-state index contributed by atoms with van der Waals surface area (Å²) in [5.41, 5.74) is 0. The van der Waals surface area contributed by atoms with Crippen LogP contribution in [0.2, 0.25) is 0 Å². The van der Waals surface area contributed by atoms with Crippen LogP contribution in [-0.4, -0.2) is 4.57 Å². The Balaban J connectivity index is 2.59. The maximum Gasteiger partial charge on any atom is 0.248 e. The van der Waals surface area contributed by atoms with E-state index in [4.69, 9.17) is 5.26 Å². The molecule has 0 saturated carbocycles. The molecule has 3 nitrogen and oxygen atoms in total. The van der Waals surface area contributed by atoms with Gasteiger partial charge in [-0.25, -0.2) is 9.13 Å². The van der Waals surface area contributed by atoms with Gasteiger partial charge in [-0.15, -0.1) is 0 Å². The van der Waals surface area contributed by atoms with Gasteiger partial charge < -0.3 is 0 Å². The Kier molecular flexibility index (Phi) is 2.45. The molecule has 0 fully saturated rings. The Morgan fingerprint density at radius 1 is 1.73 bits per heavy atom. The highest BCUT2D eigenvalue weighted by Crippen LogP contribution is 1.84. The summed E-state index contributed by atoms with van der Waals surface area (Å²) in [6, 6.07) is 2.09. The molecule has 0 unspecified atom stereocenters. The van der Waals surface area contributed by atoms with Crippen molar-refractivity contribution < 1.29 is 4.57 Å². The Morgan fingerprint density at radius 3 is 3.09 bits per heavy atom. The first kappa shape index (κ1) is 7.55. The first-order valence-corrected chi connectivity index (χ1v) is 3.43. The van der Waals surface area contributed by atoms with Gasteiger partial charge in [0.05, 0.1) is 18.7 Å². The van der Waals surface area contributed by atoms with Crippen molar-refractivity contribution >= 4 is 6.20 Å². The molecule has 0 aliphatic heterocycles. The normalized spacial score (nSPS) is 9.00. The van der Waals surface area contributed by atoms with Crippen LogP contribution in [0.5, 0.6) is 0 Å². The van der Waals surface area contributed by atoms with Crippen LogP contribution in [0.3, 0.4) is 0 Å². The van der Waals surface area contributed by atoms with Gasteiger partial charge in [0, 0.05) is 0 Å². The van der Waals surface area contributed by atoms with Crippen molar-refractivity contribution in [3.05, 3.63) is 25.3 Å². The Labute approximate surface area is 65.8 Å². The standard InChI is InChI=1S/C8H10N3/c1-2-10-6-7-11(8-10)5-3-4-9/h2,6-8H,1,3,5H2/q+1. The van der Waals surface area contributed by atoms with Crippen LogP contribution in [0.15, 0.2) is 25.3 Å². The molecule has 1 aromatic heterocycles. The zero-order valence-electron chi connectivity index (χ0n) is 6.27. The lowest BCUT2D eigenvalue weighted by Crippen LogP contribution is -2.30. The second kappa shape index (κ2) is 3.57. The summed E-state index contributed by atoms with van der Waals surface area (Å²) in [5, 5.41) is 8.30. The lowest BCUT2D eigenvalue weighted by molar-refractivity contribution is -0.695. The van der Waals surface area contributed by atoms with Crippen LogP contribution < -0.4 is 4.57 Å². The van der Waals surface area contributed by atoms with E-state index in [0.29, 0.717) is 6.42 Å². The monoisotopic (exact) mass is 148 g/mol. The lowest BCUT2D eigenvalue weighted by Gasteiger charge is -1.85. The van der Waals surface area contributed by atoms with E-state index in [0.717, 1.165) is 6.54 Å². The predicted octanol–water partition coefficient (Wildman–Crippen LogP) is 0.790. The fourth-order valence-electron chi connectivity index (χ4n) is 0.830. The van der Waals surface area contributed by atoms with Gasteiger partial charge in [-0.2, -0.15) is 5.26 Å². The molecule has 0 aromatic carbocycles. The SMILES string of the molecule is C=Cn1cc[n+](CCC#N)c1. The second-order valence-electron chi connectivity index (χ2n) is 2.19. The van der Waals surface area contributed by atoms with E-state index in [9.17, 15) is 0 Å². The van der Waals surface area contributed by atoms with Gasteiger partial charge in [0.2, 0.25) is 6.33 Å². The number of hydrogen-bond acceptors (Lipinski definition) is 1. The minimum atomic E-state index is 0.547. The summed E-state index contributed by atoms with van der Waals surface area (Å²) in [5.74, 6) is 0. The average Bonchev–Trinajstić information content (AvgIpc) is 2.48. The molecule has 11 heavy (non-hydrogen) atoms. The smallest absolute Gasteiger partial charge is 0.235 e. The minimum Gasteiger partial charge on any atom is -0.235 e. The van der Waals surface area contributed by atoms with E-state index >= 15 is 0 Å². The fraction of sp³-hybridized carbons (Fsp3) is 0.250. The summed E-state index contributed by atoms with van der Waals surface area (Å²) in [6.07, 6.45) is 7.96. The summed E-state index contributed by atoms with van der Waals surface area (Å²) in [7, 11) is 0. The Bertz CT molecular complexity index is 280. The predicted molar refractivity (Wildman–Crippen MR) is 41.2 cm³/mol. The largest absolute Gasteiger partial charge is 0.248 e. The molecule has 56 valence electrons. The van der Waals surface area contributed by atoms with Gasteiger partial charge in [0.15, 0.2) is 0 Å². The maximum absolute atomic E-state index is 8.30. The molecule has 0 aliphatic carbocycles. The van der Waals surface area contributed by atoms with Crippen LogP contribution in [-0.2, 0) is 6.54 Å². The highest BCUT2D eigenvalue weighted by atomic mass is 15.1. The summed E-state index contributed by atoms with van der Waals surface area (Å²) >= 11 is 0. The lowest BCUT2D eigenvalue weighted by atomic mass is 10.5. The molecule has 1 rings (SSSR count). The molecule has 0 spiro atoms. The van der Waals surface area contributed by atoms with Crippen molar-refractivity contribution in [3.8, 4) is 6.07 Å². The van der Waals surface area contributed by atoms with Crippen molar-refractivity contribution in [3.63, 3.8) is 0 Å². The van der Waals surface area contributed by atoms with Crippen molar-refractivity contribution in [1.29, 1.82) is 5.26 Å². The molecule has 0 radical (unpaired) electrons. The van der Waals surface area contributed by atoms with Crippen molar-refractivity contribution in [1.82, 2.24) is 4.57 Å². The fourth-order valence-corrected chi connectivity index (χ4v) is 0.830. The van der Waals surface area contributed by atoms with Crippen LogP contribution in [0, 0.1) is 11.3 Å². The number of imidazole rings is 1. The molecular formula is C8H10N3+. The molecule has 0 aliphatic rings. The van der Waals surface area contributed by atoms with Gasteiger partial charge in [0.25, 0.3) is 0 Å². The molecule has 1 aromatic rings. The summed E-state index contributed by atoms with van der Waals surface area (Å²) in [4.78, 5) is 0.